The average Bonchev–Trinajstić information content (AvgIpc) is 2.16. The molecule has 0 bridgehead atoms. The molecule has 0 N–H and O–H groups in total. The van der Waals surface area contributed by atoms with E-state index in [1.54, 1.807) is 0 Å². The second kappa shape index (κ2) is 4.92. The second-order valence-electron chi connectivity index (χ2n) is 2.33. The fourth-order valence-electron chi connectivity index (χ4n) is 0.909. The van der Waals surface area contributed by atoms with Crippen LogP contribution in [0.25, 0.3) is 0 Å². The van der Waals surface area contributed by atoms with E-state index in [9.17, 15) is 4.39 Å². The average molecular weight is 205 g/mol. The van der Waals surface area contributed by atoms with Crippen molar-refractivity contribution in [1.29, 1.82) is 0 Å². The van der Waals surface area contributed by atoms with Gasteiger partial charge in [0.05, 0.1) is 13.0 Å². The van der Waals surface area contributed by atoms with Crippen LogP contribution in [0.4, 0.5) is 4.39 Å². The van der Waals surface area contributed by atoms with Crippen molar-refractivity contribution in [3.8, 4) is 11.5 Å². The molecule has 13 heavy (non-hydrogen) atoms. The lowest BCUT2D eigenvalue weighted by molar-refractivity contribution is 0.311. The standard InChI is InChI=1S/C9H10ClFO2/c1-12-9-6-7(11)2-3-8(9)13-5-4-10/h2-3,6H,4-5H2,1H3. The highest BCUT2D eigenvalue weighted by Gasteiger charge is 2.04. The molecule has 0 aliphatic heterocycles. The molecular formula is C9H10ClFO2. The fourth-order valence-corrected chi connectivity index (χ4v) is 0.986. The SMILES string of the molecule is COc1cc(F)ccc1OCCCl. The maximum absolute atomic E-state index is 12.7. The first kappa shape index (κ1) is 10.1. The summed E-state index contributed by atoms with van der Waals surface area (Å²) in [6, 6.07) is 4.09. The van der Waals surface area contributed by atoms with E-state index >= 15 is 0 Å². The number of rotatable bonds is 4. The van der Waals surface area contributed by atoms with Gasteiger partial charge in [-0.3, -0.25) is 0 Å². The van der Waals surface area contributed by atoms with E-state index in [-0.39, 0.29) is 5.82 Å². The van der Waals surface area contributed by atoms with Crippen LogP contribution in [0.5, 0.6) is 11.5 Å². The van der Waals surface area contributed by atoms with Gasteiger partial charge in [-0.15, -0.1) is 11.6 Å². The number of methoxy groups -OCH3 is 1. The van der Waals surface area contributed by atoms with E-state index in [1.807, 2.05) is 0 Å². The largest absolute Gasteiger partial charge is 0.493 e. The van der Waals surface area contributed by atoms with Gasteiger partial charge in [-0.2, -0.15) is 0 Å². The zero-order valence-corrected chi connectivity index (χ0v) is 7.97. The Balaban J connectivity index is 2.79. The molecule has 2 nitrogen and oxygen atoms in total. The van der Waals surface area contributed by atoms with Crippen molar-refractivity contribution < 1.29 is 13.9 Å². The Labute approximate surface area is 81.2 Å². The molecule has 4 heteroatoms. The molecule has 0 radical (unpaired) electrons. The molecule has 0 unspecified atom stereocenters. The van der Waals surface area contributed by atoms with Gasteiger partial charge >= 0.3 is 0 Å². The molecule has 0 atom stereocenters. The quantitative estimate of drug-likeness (QED) is 0.702. The molecule has 0 spiro atoms. The first-order valence-corrected chi connectivity index (χ1v) is 4.33. The molecule has 1 aromatic carbocycles. The highest BCUT2D eigenvalue weighted by molar-refractivity contribution is 6.18. The lowest BCUT2D eigenvalue weighted by atomic mass is 10.3. The molecule has 0 amide bonds. The minimum absolute atomic E-state index is 0.352. The number of halogens is 2. The summed E-state index contributed by atoms with van der Waals surface area (Å²) >= 11 is 5.44. The van der Waals surface area contributed by atoms with Crippen molar-refractivity contribution in [2.75, 3.05) is 19.6 Å². The fraction of sp³-hybridized carbons (Fsp3) is 0.333. The predicted molar refractivity (Wildman–Crippen MR) is 49.2 cm³/mol. The van der Waals surface area contributed by atoms with Crippen molar-refractivity contribution in [1.82, 2.24) is 0 Å². The topological polar surface area (TPSA) is 18.5 Å². The first-order chi connectivity index (χ1) is 6.27. The van der Waals surface area contributed by atoms with Gasteiger partial charge in [0, 0.05) is 6.07 Å². The monoisotopic (exact) mass is 204 g/mol. The molecule has 0 heterocycles. The molecule has 0 aromatic heterocycles. The lowest BCUT2D eigenvalue weighted by Crippen LogP contribution is -2.00. The zero-order valence-electron chi connectivity index (χ0n) is 7.22. The zero-order chi connectivity index (χ0) is 9.68. The van der Waals surface area contributed by atoms with E-state index in [0.29, 0.717) is 24.0 Å². The summed E-state index contributed by atoms with van der Waals surface area (Å²) in [5.41, 5.74) is 0. The predicted octanol–water partition coefficient (Wildman–Crippen LogP) is 2.45. The minimum atomic E-state index is -0.352. The molecule has 0 aliphatic carbocycles. The van der Waals surface area contributed by atoms with Crippen LogP contribution in [0.3, 0.4) is 0 Å². The third-order valence-electron chi connectivity index (χ3n) is 1.46. The number of ether oxygens (including phenoxy) is 2. The number of benzene rings is 1. The van der Waals surface area contributed by atoms with Crippen molar-refractivity contribution in [3.63, 3.8) is 0 Å². The van der Waals surface area contributed by atoms with E-state index < -0.39 is 0 Å². The third-order valence-corrected chi connectivity index (χ3v) is 1.61. The van der Waals surface area contributed by atoms with Crippen LogP contribution in [0.15, 0.2) is 18.2 Å². The normalized spacial score (nSPS) is 9.77. The van der Waals surface area contributed by atoms with Gasteiger partial charge in [0.2, 0.25) is 0 Å². The molecule has 0 saturated heterocycles. The molecule has 1 aromatic rings. The Morgan fingerprint density at radius 3 is 2.77 bits per heavy atom. The van der Waals surface area contributed by atoms with Crippen LogP contribution in [-0.2, 0) is 0 Å². The molecule has 72 valence electrons. The van der Waals surface area contributed by atoms with Crippen LogP contribution in [-0.4, -0.2) is 19.6 Å². The van der Waals surface area contributed by atoms with Crippen molar-refractivity contribution in [2.24, 2.45) is 0 Å². The maximum Gasteiger partial charge on any atom is 0.163 e. The van der Waals surface area contributed by atoms with Crippen molar-refractivity contribution in [3.05, 3.63) is 24.0 Å². The van der Waals surface area contributed by atoms with Crippen LogP contribution < -0.4 is 9.47 Å². The summed E-state index contributed by atoms with van der Waals surface area (Å²) < 4.78 is 22.8. The van der Waals surface area contributed by atoms with E-state index in [2.05, 4.69) is 0 Å². The molecule has 1 rings (SSSR count). The summed E-state index contributed by atoms with van der Waals surface area (Å²) in [5.74, 6) is 0.922. The maximum atomic E-state index is 12.7. The van der Waals surface area contributed by atoms with Crippen molar-refractivity contribution >= 4 is 11.6 Å². The first-order valence-electron chi connectivity index (χ1n) is 3.80. The van der Waals surface area contributed by atoms with Gasteiger partial charge in [0.1, 0.15) is 12.4 Å². The van der Waals surface area contributed by atoms with Gasteiger partial charge in [0.15, 0.2) is 11.5 Å². The van der Waals surface area contributed by atoms with Crippen molar-refractivity contribution in [2.45, 2.75) is 0 Å². The summed E-state index contributed by atoms with van der Waals surface area (Å²) in [6.45, 7) is 0.379. The highest BCUT2D eigenvalue weighted by Crippen LogP contribution is 2.27. The molecular weight excluding hydrogens is 195 g/mol. The van der Waals surface area contributed by atoms with E-state index in [4.69, 9.17) is 21.1 Å². The highest BCUT2D eigenvalue weighted by atomic mass is 35.5. The molecule has 0 aliphatic rings. The van der Waals surface area contributed by atoms with Gasteiger partial charge in [0.25, 0.3) is 0 Å². The summed E-state index contributed by atoms with van der Waals surface area (Å²) in [7, 11) is 1.46. The second-order valence-corrected chi connectivity index (χ2v) is 2.71. The van der Waals surface area contributed by atoms with Gasteiger partial charge in [-0.05, 0) is 12.1 Å². The molecule has 0 saturated carbocycles. The van der Waals surface area contributed by atoms with Crippen LogP contribution in [0.2, 0.25) is 0 Å². The third kappa shape index (κ3) is 2.77. The Kier molecular flexibility index (Phi) is 3.83. The van der Waals surface area contributed by atoms with Gasteiger partial charge in [-0.1, -0.05) is 0 Å². The Morgan fingerprint density at radius 1 is 1.38 bits per heavy atom. The summed E-state index contributed by atoms with van der Waals surface area (Å²) in [5, 5.41) is 0. The lowest BCUT2D eigenvalue weighted by Gasteiger charge is -2.08. The number of hydrogen-bond acceptors (Lipinski definition) is 2. The van der Waals surface area contributed by atoms with E-state index in [0.717, 1.165) is 0 Å². The van der Waals surface area contributed by atoms with E-state index in [1.165, 1.54) is 25.3 Å². The molecule has 0 fully saturated rings. The Morgan fingerprint density at radius 2 is 2.15 bits per heavy atom. The summed E-state index contributed by atoms with van der Waals surface area (Å²) in [4.78, 5) is 0. The Hall–Kier alpha value is -0.960. The Bertz CT molecular complexity index is 278. The number of alkyl halides is 1. The smallest absolute Gasteiger partial charge is 0.163 e. The van der Waals surface area contributed by atoms with Crippen LogP contribution >= 0.6 is 11.6 Å². The van der Waals surface area contributed by atoms with Gasteiger partial charge < -0.3 is 9.47 Å². The van der Waals surface area contributed by atoms with Crippen LogP contribution in [0.1, 0.15) is 0 Å². The van der Waals surface area contributed by atoms with Crippen LogP contribution in [0, 0.1) is 5.82 Å². The minimum Gasteiger partial charge on any atom is -0.493 e. The van der Waals surface area contributed by atoms with Gasteiger partial charge in [-0.25, -0.2) is 4.39 Å². The summed E-state index contributed by atoms with van der Waals surface area (Å²) in [6.07, 6.45) is 0. The number of hydrogen-bond donors (Lipinski definition) is 0.